The molecule has 57 heavy (non-hydrogen) atoms. The summed E-state index contributed by atoms with van der Waals surface area (Å²) in [4.78, 5) is 4.91. The van der Waals surface area contributed by atoms with Crippen molar-refractivity contribution in [3.63, 3.8) is 0 Å². The van der Waals surface area contributed by atoms with Crippen LogP contribution in [0.3, 0.4) is 0 Å². The van der Waals surface area contributed by atoms with E-state index in [1.54, 1.807) is 10.6 Å². The fourth-order valence-corrected chi connectivity index (χ4v) is 19.3. The van der Waals surface area contributed by atoms with Gasteiger partial charge in [0.2, 0.25) is 0 Å². The summed E-state index contributed by atoms with van der Waals surface area (Å²) in [5.74, 6) is 1.81. The molecule has 6 unspecified atom stereocenters. The van der Waals surface area contributed by atoms with Crippen LogP contribution in [0.4, 0.5) is 0 Å². The van der Waals surface area contributed by atoms with Crippen LogP contribution in [-0.2, 0) is 51.2 Å². The summed E-state index contributed by atoms with van der Waals surface area (Å²) in [7, 11) is 9.09. The SMILES string of the molecule is C1CCCC1.C1CCCC1.C[C@@H](C1CCCC1P(c1ccccc1)C1CCCC1)N(C)C.C[C@H](C1CCCC1P(c1ccccc1)C1CCCC1)N(C)C.[Fe].[Fe].[Fe]. The summed E-state index contributed by atoms with van der Waals surface area (Å²) < 4.78 is 0. The normalized spacial score (nSPS) is 26.7. The minimum absolute atomic E-state index is 0. The topological polar surface area (TPSA) is 6.48 Å². The van der Waals surface area contributed by atoms with Crippen LogP contribution in [0.15, 0.2) is 60.7 Å². The standard InChI is InChI=1S/2C20H32NP.2C5H10.3Fe/c2*1-16(21(2)3)19-14-9-15-20(19)22(18-12-7-8-13-18)17-10-5-4-6-11-17;2*1-2-4-5-3-1;;;/h2*4-6,10-11,16,18-20H,7-9,12-15H2,1-3H3;2*1-5H2;;;/t2*16-,19?,20?,22?;;;;;/m10...../s1. The van der Waals surface area contributed by atoms with Crippen LogP contribution in [0, 0.1) is 11.8 Å². The van der Waals surface area contributed by atoms with Crippen LogP contribution in [0.5, 0.6) is 0 Å². The van der Waals surface area contributed by atoms with E-state index in [9.17, 15) is 0 Å². The first kappa shape index (κ1) is 53.9. The summed E-state index contributed by atoms with van der Waals surface area (Å²) in [5.41, 5.74) is 3.91. The van der Waals surface area contributed by atoms with Crippen molar-refractivity contribution in [3.8, 4) is 0 Å². The Hall–Kier alpha value is 0.778. The van der Waals surface area contributed by atoms with E-state index in [4.69, 9.17) is 0 Å². The Bertz CT molecular complexity index is 1140. The molecule has 0 radical (unpaired) electrons. The number of nitrogens with zero attached hydrogens (tertiary/aromatic N) is 2. The van der Waals surface area contributed by atoms with Gasteiger partial charge in [0.25, 0.3) is 0 Å². The van der Waals surface area contributed by atoms with Gasteiger partial charge in [-0.3, -0.25) is 0 Å². The second kappa shape index (κ2) is 30.0. The summed E-state index contributed by atoms with van der Waals surface area (Å²) in [6.45, 7) is 4.91. The van der Waals surface area contributed by atoms with Gasteiger partial charge in [0.15, 0.2) is 0 Å². The van der Waals surface area contributed by atoms with Crippen LogP contribution in [0.25, 0.3) is 0 Å². The third kappa shape index (κ3) is 16.8. The van der Waals surface area contributed by atoms with Gasteiger partial charge in [0.1, 0.15) is 0 Å². The second-order valence-corrected chi connectivity index (χ2v) is 24.1. The van der Waals surface area contributed by atoms with E-state index in [2.05, 4.69) is 113 Å². The zero-order valence-corrected chi connectivity index (χ0v) is 42.3. The molecular formula is C50H84Fe3N2P2. The predicted octanol–water partition coefficient (Wildman–Crippen LogP) is 13.6. The molecule has 2 nitrogen and oxygen atoms in total. The van der Waals surface area contributed by atoms with Gasteiger partial charge < -0.3 is 9.80 Å². The summed E-state index contributed by atoms with van der Waals surface area (Å²) in [6, 6.07) is 24.6. The molecule has 2 aromatic rings. The van der Waals surface area contributed by atoms with Crippen molar-refractivity contribution in [2.75, 3.05) is 28.2 Å². The first-order chi connectivity index (χ1) is 26.4. The van der Waals surface area contributed by atoms with Crippen LogP contribution in [-0.4, -0.2) is 72.7 Å². The van der Waals surface area contributed by atoms with Crippen LogP contribution < -0.4 is 10.6 Å². The Morgan fingerprint density at radius 1 is 0.386 bits per heavy atom. The van der Waals surface area contributed by atoms with E-state index in [1.165, 1.54) is 154 Å². The van der Waals surface area contributed by atoms with Gasteiger partial charge >= 0.3 is 0 Å². The molecule has 6 aliphatic rings. The summed E-state index contributed by atoms with van der Waals surface area (Å²) in [6.07, 6.45) is 35.6. The monoisotopic (exact) mass is 942 g/mol. The fraction of sp³-hybridized carbons (Fsp3) is 0.760. The smallest absolute Gasteiger partial charge is 0.00952 e. The third-order valence-corrected chi connectivity index (χ3v) is 21.8. The van der Waals surface area contributed by atoms with E-state index < -0.39 is 0 Å². The van der Waals surface area contributed by atoms with Gasteiger partial charge in [-0.05, 0) is 138 Å². The Balaban J connectivity index is 0.000000302. The number of hydrogen-bond donors (Lipinski definition) is 0. The quantitative estimate of drug-likeness (QED) is 0.173. The molecule has 0 amide bonds. The average molecular weight is 943 g/mol. The summed E-state index contributed by atoms with van der Waals surface area (Å²) >= 11 is 0. The maximum atomic E-state index is 2.45. The van der Waals surface area contributed by atoms with E-state index in [1.807, 2.05) is 0 Å². The zero-order chi connectivity index (χ0) is 38.1. The fourth-order valence-electron chi connectivity index (χ4n) is 11.2. The molecule has 8 rings (SSSR count). The molecule has 6 saturated carbocycles. The van der Waals surface area contributed by atoms with Crippen molar-refractivity contribution >= 4 is 26.5 Å². The molecule has 6 aliphatic carbocycles. The minimum atomic E-state index is 0. The largest absolute Gasteiger partial charge is 0.306 e. The van der Waals surface area contributed by atoms with E-state index in [0.29, 0.717) is 0 Å². The molecule has 0 spiro atoms. The van der Waals surface area contributed by atoms with E-state index in [0.717, 1.165) is 46.6 Å². The molecule has 0 bridgehead atoms. The van der Waals surface area contributed by atoms with Gasteiger partial charge in [0, 0.05) is 63.3 Å². The molecule has 0 N–H and O–H groups in total. The van der Waals surface area contributed by atoms with Crippen molar-refractivity contribution in [1.82, 2.24) is 9.80 Å². The molecule has 0 aliphatic heterocycles. The third-order valence-electron chi connectivity index (χ3n) is 14.7. The van der Waals surface area contributed by atoms with Crippen LogP contribution in [0.2, 0.25) is 0 Å². The van der Waals surface area contributed by atoms with Crippen molar-refractivity contribution in [2.24, 2.45) is 11.8 Å². The first-order valence-electron chi connectivity index (χ1n) is 23.4. The zero-order valence-electron chi connectivity index (χ0n) is 37.2. The van der Waals surface area contributed by atoms with Crippen molar-refractivity contribution in [2.45, 2.75) is 203 Å². The molecule has 328 valence electrons. The van der Waals surface area contributed by atoms with Crippen molar-refractivity contribution < 1.29 is 51.2 Å². The summed E-state index contributed by atoms with van der Waals surface area (Å²) in [5, 5.41) is 3.37. The molecule has 0 aromatic heterocycles. The van der Waals surface area contributed by atoms with Crippen molar-refractivity contribution in [3.05, 3.63) is 60.7 Å². The van der Waals surface area contributed by atoms with Crippen LogP contribution in [0.1, 0.15) is 168 Å². The number of benzene rings is 2. The van der Waals surface area contributed by atoms with Crippen LogP contribution >= 0.6 is 15.8 Å². The van der Waals surface area contributed by atoms with E-state index >= 15 is 0 Å². The molecule has 6 fully saturated rings. The average Bonchev–Trinajstić information content (AvgIpc) is 4.05. The Kier molecular flexibility index (Phi) is 28.3. The van der Waals surface area contributed by atoms with E-state index in [-0.39, 0.29) is 67.0 Å². The van der Waals surface area contributed by atoms with Gasteiger partial charge in [-0.2, -0.15) is 0 Å². The molecule has 0 saturated heterocycles. The van der Waals surface area contributed by atoms with Gasteiger partial charge in [-0.15, -0.1) is 0 Å². The number of rotatable bonds is 10. The Labute approximate surface area is 388 Å². The minimum Gasteiger partial charge on any atom is -0.306 e. The van der Waals surface area contributed by atoms with Gasteiger partial charge in [0.05, 0.1) is 0 Å². The predicted molar refractivity (Wildman–Crippen MR) is 245 cm³/mol. The Morgan fingerprint density at radius 2 is 0.667 bits per heavy atom. The first-order valence-corrected chi connectivity index (χ1v) is 26.3. The number of hydrogen-bond acceptors (Lipinski definition) is 2. The van der Waals surface area contributed by atoms with Crippen molar-refractivity contribution in [1.29, 1.82) is 0 Å². The molecule has 7 heteroatoms. The van der Waals surface area contributed by atoms with Gasteiger partial charge in [-0.1, -0.05) is 179 Å². The van der Waals surface area contributed by atoms with Gasteiger partial charge in [-0.25, -0.2) is 0 Å². The molecule has 0 heterocycles. The maximum absolute atomic E-state index is 2.45. The molecule has 8 atom stereocenters. The Morgan fingerprint density at radius 3 is 0.930 bits per heavy atom. The molecular weight excluding hydrogens is 858 g/mol. The maximum Gasteiger partial charge on any atom is 0.00952 e. The second-order valence-electron chi connectivity index (χ2n) is 18.6. The molecule has 2 aromatic carbocycles.